The SMILES string of the molecule is NC(=NO)c1cn[nH]c1NC(=O)C1CCOCC1. The van der Waals surface area contributed by atoms with Gasteiger partial charge in [0.2, 0.25) is 5.91 Å². The molecule has 1 saturated heterocycles. The van der Waals surface area contributed by atoms with Crippen molar-refractivity contribution in [3.63, 3.8) is 0 Å². The summed E-state index contributed by atoms with van der Waals surface area (Å²) in [6.45, 7) is 1.18. The van der Waals surface area contributed by atoms with Crippen LogP contribution in [-0.2, 0) is 9.53 Å². The Morgan fingerprint density at radius 1 is 1.61 bits per heavy atom. The summed E-state index contributed by atoms with van der Waals surface area (Å²) < 4.78 is 5.19. The van der Waals surface area contributed by atoms with E-state index in [1.807, 2.05) is 0 Å². The molecule has 0 spiro atoms. The minimum absolute atomic E-state index is 0.0813. The van der Waals surface area contributed by atoms with Crippen LogP contribution in [0.25, 0.3) is 0 Å². The lowest BCUT2D eigenvalue weighted by atomic mass is 9.99. The van der Waals surface area contributed by atoms with Gasteiger partial charge in [0.1, 0.15) is 5.82 Å². The van der Waals surface area contributed by atoms with Gasteiger partial charge in [-0.15, -0.1) is 0 Å². The minimum atomic E-state index is -0.116. The molecule has 0 radical (unpaired) electrons. The van der Waals surface area contributed by atoms with Crippen LogP contribution in [0.1, 0.15) is 18.4 Å². The normalized spacial score (nSPS) is 17.7. The number of H-pyrrole nitrogens is 1. The molecule has 98 valence electrons. The molecule has 1 fully saturated rings. The molecule has 1 aliphatic rings. The third-order valence-corrected chi connectivity index (χ3v) is 2.86. The van der Waals surface area contributed by atoms with Crippen molar-refractivity contribution in [1.82, 2.24) is 10.2 Å². The van der Waals surface area contributed by atoms with Crippen LogP contribution >= 0.6 is 0 Å². The molecule has 2 heterocycles. The van der Waals surface area contributed by atoms with Crippen LogP contribution in [0.2, 0.25) is 0 Å². The van der Waals surface area contributed by atoms with Gasteiger partial charge in [0, 0.05) is 19.1 Å². The Bertz CT molecular complexity index is 450. The number of hydrogen-bond acceptors (Lipinski definition) is 5. The predicted molar refractivity (Wildman–Crippen MR) is 63.3 cm³/mol. The maximum absolute atomic E-state index is 12.0. The quantitative estimate of drug-likeness (QED) is 0.258. The van der Waals surface area contributed by atoms with E-state index in [1.165, 1.54) is 6.20 Å². The van der Waals surface area contributed by atoms with Gasteiger partial charge < -0.3 is 21.0 Å². The summed E-state index contributed by atoms with van der Waals surface area (Å²) in [5.74, 6) is 0.0320. The Balaban J connectivity index is 2.05. The van der Waals surface area contributed by atoms with Crippen molar-refractivity contribution < 1.29 is 14.7 Å². The fourth-order valence-corrected chi connectivity index (χ4v) is 1.81. The number of carbonyl (C=O) groups is 1. The second-order valence-electron chi connectivity index (χ2n) is 4.02. The Kier molecular flexibility index (Phi) is 3.78. The smallest absolute Gasteiger partial charge is 0.228 e. The van der Waals surface area contributed by atoms with Gasteiger partial charge >= 0.3 is 0 Å². The summed E-state index contributed by atoms with van der Waals surface area (Å²) >= 11 is 0. The number of nitrogens with two attached hydrogens (primary N) is 1. The molecule has 8 nitrogen and oxygen atoms in total. The van der Waals surface area contributed by atoms with Gasteiger partial charge in [-0.2, -0.15) is 5.10 Å². The van der Waals surface area contributed by atoms with Crippen LogP contribution in [-0.4, -0.2) is 40.4 Å². The van der Waals surface area contributed by atoms with E-state index in [0.717, 1.165) is 0 Å². The Hall–Kier alpha value is -2.09. The average molecular weight is 253 g/mol. The molecule has 2 rings (SSSR count). The highest BCUT2D eigenvalue weighted by molar-refractivity contribution is 6.04. The third kappa shape index (κ3) is 2.59. The third-order valence-electron chi connectivity index (χ3n) is 2.86. The van der Waals surface area contributed by atoms with Gasteiger partial charge in [-0.05, 0) is 12.8 Å². The van der Waals surface area contributed by atoms with Gasteiger partial charge in [-0.1, -0.05) is 5.16 Å². The first kappa shape index (κ1) is 12.4. The topological polar surface area (TPSA) is 126 Å². The zero-order valence-electron chi connectivity index (χ0n) is 9.72. The monoisotopic (exact) mass is 253 g/mol. The van der Waals surface area contributed by atoms with Crippen molar-refractivity contribution in [2.75, 3.05) is 18.5 Å². The van der Waals surface area contributed by atoms with Crippen LogP contribution in [0, 0.1) is 5.92 Å². The van der Waals surface area contributed by atoms with Crippen LogP contribution in [0.3, 0.4) is 0 Å². The molecule has 1 aromatic heterocycles. The molecule has 0 unspecified atom stereocenters. The number of amidine groups is 1. The number of hydrogen-bond donors (Lipinski definition) is 4. The molecule has 0 aromatic carbocycles. The highest BCUT2D eigenvalue weighted by Gasteiger charge is 2.23. The predicted octanol–water partition coefficient (Wildman–Crippen LogP) is -0.131. The number of rotatable bonds is 3. The molecule has 1 aliphatic heterocycles. The first-order chi connectivity index (χ1) is 8.72. The van der Waals surface area contributed by atoms with Gasteiger partial charge in [0.05, 0.1) is 11.8 Å². The Labute approximate surface area is 103 Å². The van der Waals surface area contributed by atoms with Gasteiger partial charge in [-0.25, -0.2) is 0 Å². The number of oxime groups is 1. The Morgan fingerprint density at radius 2 is 2.33 bits per heavy atom. The summed E-state index contributed by atoms with van der Waals surface area (Å²) in [7, 11) is 0. The number of carbonyl (C=O) groups excluding carboxylic acids is 1. The first-order valence-electron chi connectivity index (χ1n) is 5.62. The number of anilines is 1. The maximum Gasteiger partial charge on any atom is 0.228 e. The van der Waals surface area contributed by atoms with E-state index in [1.54, 1.807) is 0 Å². The highest BCUT2D eigenvalue weighted by Crippen LogP contribution is 2.18. The maximum atomic E-state index is 12.0. The van der Waals surface area contributed by atoms with Crippen molar-refractivity contribution in [2.45, 2.75) is 12.8 Å². The van der Waals surface area contributed by atoms with E-state index in [4.69, 9.17) is 15.7 Å². The fourth-order valence-electron chi connectivity index (χ4n) is 1.81. The van der Waals surface area contributed by atoms with E-state index in [9.17, 15) is 4.79 Å². The molecule has 0 bridgehead atoms. The second-order valence-corrected chi connectivity index (χ2v) is 4.02. The van der Waals surface area contributed by atoms with E-state index < -0.39 is 0 Å². The zero-order valence-corrected chi connectivity index (χ0v) is 9.72. The van der Waals surface area contributed by atoms with Crippen molar-refractivity contribution >= 4 is 17.6 Å². The summed E-state index contributed by atoms with van der Waals surface area (Å²) in [6, 6.07) is 0. The van der Waals surface area contributed by atoms with Crippen LogP contribution in [0.4, 0.5) is 5.82 Å². The molecule has 18 heavy (non-hydrogen) atoms. The molecule has 0 aliphatic carbocycles. The lowest BCUT2D eigenvalue weighted by molar-refractivity contribution is -0.122. The summed E-state index contributed by atoms with van der Waals surface area (Å²) in [5.41, 5.74) is 5.82. The highest BCUT2D eigenvalue weighted by atomic mass is 16.5. The number of nitrogens with one attached hydrogen (secondary N) is 2. The van der Waals surface area contributed by atoms with Crippen molar-refractivity contribution in [3.05, 3.63) is 11.8 Å². The zero-order chi connectivity index (χ0) is 13.0. The Morgan fingerprint density at radius 3 is 3.00 bits per heavy atom. The molecule has 1 amide bonds. The summed E-state index contributed by atoms with van der Waals surface area (Å²) in [4.78, 5) is 12.0. The van der Waals surface area contributed by atoms with Crippen LogP contribution in [0.15, 0.2) is 11.4 Å². The largest absolute Gasteiger partial charge is 0.409 e. The average Bonchev–Trinajstić information content (AvgIpc) is 2.87. The van der Waals surface area contributed by atoms with E-state index in [-0.39, 0.29) is 17.7 Å². The van der Waals surface area contributed by atoms with Crippen molar-refractivity contribution in [2.24, 2.45) is 16.8 Å². The number of nitrogens with zero attached hydrogens (tertiary/aromatic N) is 2. The standard InChI is InChI=1S/C10H15N5O3/c11-8(15-17)7-5-12-14-9(7)13-10(16)6-1-3-18-4-2-6/h5-6,17H,1-4H2,(H2,11,15)(H2,12,13,14,16). The van der Waals surface area contributed by atoms with E-state index in [2.05, 4.69) is 20.7 Å². The van der Waals surface area contributed by atoms with E-state index >= 15 is 0 Å². The number of aromatic nitrogens is 2. The lowest BCUT2D eigenvalue weighted by Crippen LogP contribution is -2.29. The molecule has 0 atom stereocenters. The van der Waals surface area contributed by atoms with Gasteiger partial charge in [-0.3, -0.25) is 9.89 Å². The molecule has 8 heteroatoms. The number of amides is 1. The minimum Gasteiger partial charge on any atom is -0.409 e. The van der Waals surface area contributed by atoms with Crippen LogP contribution in [0.5, 0.6) is 0 Å². The molecular weight excluding hydrogens is 238 g/mol. The summed E-state index contributed by atoms with van der Waals surface area (Å²) in [5, 5.41) is 20.5. The van der Waals surface area contributed by atoms with E-state index in [0.29, 0.717) is 37.4 Å². The van der Waals surface area contributed by atoms with Crippen LogP contribution < -0.4 is 11.1 Å². The molecule has 1 aromatic rings. The van der Waals surface area contributed by atoms with Crippen molar-refractivity contribution in [1.29, 1.82) is 0 Å². The van der Waals surface area contributed by atoms with Gasteiger partial charge in [0.15, 0.2) is 5.84 Å². The first-order valence-corrected chi connectivity index (χ1v) is 5.62. The number of aromatic amines is 1. The second kappa shape index (κ2) is 5.50. The fraction of sp³-hybridized carbons (Fsp3) is 0.500. The lowest BCUT2D eigenvalue weighted by Gasteiger charge is -2.20. The van der Waals surface area contributed by atoms with Crippen molar-refractivity contribution in [3.8, 4) is 0 Å². The molecular formula is C10H15N5O3. The summed E-state index contributed by atoms with van der Waals surface area (Å²) in [6.07, 6.45) is 2.77. The molecule has 5 N–H and O–H groups in total. The molecule has 0 saturated carbocycles. The van der Waals surface area contributed by atoms with Gasteiger partial charge in [0.25, 0.3) is 0 Å². The number of ether oxygens (including phenoxy) is 1.